The van der Waals surface area contributed by atoms with Gasteiger partial charge < -0.3 is 103 Å². The minimum absolute atomic E-state index is 0.00650. The largest absolute Gasteiger partial charge is 0.508 e. The van der Waals surface area contributed by atoms with E-state index in [0.29, 0.717) is 155 Å². The molecule has 806 valence electrons. The number of hydrogen-bond acceptors (Lipinski definition) is 26. The van der Waals surface area contributed by atoms with Gasteiger partial charge in [0.05, 0.1) is 77.4 Å². The topological polar surface area (TPSA) is 423 Å². The quantitative estimate of drug-likeness (QED) is 0.0211. The third-order valence-corrected chi connectivity index (χ3v) is 30.2. The molecule has 0 amide bonds. The lowest BCUT2D eigenvalue weighted by atomic mass is 9.73. The molecule has 0 aromatic carbocycles. The van der Waals surface area contributed by atoms with Gasteiger partial charge in [-0.1, -0.05) is 218 Å². The smallest absolute Gasteiger partial charge is 0.481 e. The van der Waals surface area contributed by atoms with Crippen LogP contribution in [-0.4, -0.2) is 231 Å². The molecular formula is C109H202O28. The molecular weight excluding hydrogens is 1760 g/mol. The molecule has 1 saturated heterocycles. The van der Waals surface area contributed by atoms with Crippen LogP contribution in [0.15, 0.2) is 0 Å². The van der Waals surface area contributed by atoms with Crippen molar-refractivity contribution < 1.29 is 137 Å². The molecule has 4 unspecified atom stereocenters. The Kier molecular flexibility index (Phi) is 63.0. The summed E-state index contributed by atoms with van der Waals surface area (Å²) in [5.41, 5.74) is -1.11. The summed E-state index contributed by atoms with van der Waals surface area (Å²) in [6.45, 7) is 57.9. The molecule has 9 fully saturated rings. The van der Waals surface area contributed by atoms with Crippen molar-refractivity contribution in [3.8, 4) is 0 Å². The maximum atomic E-state index is 11.8. The highest BCUT2D eigenvalue weighted by molar-refractivity contribution is 5.76. The molecule has 1 spiro atoms. The predicted molar refractivity (Wildman–Crippen MR) is 533 cm³/mol. The molecule has 8 saturated carbocycles. The number of carboxylic acid groups (broad SMARTS) is 2. The van der Waals surface area contributed by atoms with Gasteiger partial charge in [0.15, 0.2) is 5.79 Å². The van der Waals surface area contributed by atoms with E-state index in [9.17, 15) is 43.8 Å². The van der Waals surface area contributed by atoms with Gasteiger partial charge in [-0.05, 0) is 260 Å². The van der Waals surface area contributed by atoms with Crippen LogP contribution in [-0.2, 0) is 76.1 Å². The summed E-state index contributed by atoms with van der Waals surface area (Å²) in [6, 6.07) is 0. The van der Waals surface area contributed by atoms with Gasteiger partial charge in [0, 0.05) is 25.2 Å². The Morgan fingerprint density at radius 2 is 0.723 bits per heavy atom. The van der Waals surface area contributed by atoms with Crippen molar-refractivity contribution in [3.63, 3.8) is 0 Å². The number of aliphatic carboxylic acids is 2. The van der Waals surface area contributed by atoms with Crippen LogP contribution >= 0.6 is 0 Å². The molecule has 137 heavy (non-hydrogen) atoms. The second-order valence-electron chi connectivity index (χ2n) is 46.2. The van der Waals surface area contributed by atoms with E-state index in [0.717, 1.165) is 83.5 Å². The van der Waals surface area contributed by atoms with Crippen LogP contribution in [0.4, 0.5) is 9.59 Å². The van der Waals surface area contributed by atoms with Crippen LogP contribution in [0.25, 0.3) is 0 Å². The first kappa shape index (κ1) is 128. The summed E-state index contributed by atoms with van der Waals surface area (Å²) in [4.78, 5) is 78.5. The molecule has 0 aromatic heterocycles. The van der Waals surface area contributed by atoms with Crippen LogP contribution in [0.1, 0.15) is 373 Å². The lowest BCUT2D eigenvalue weighted by molar-refractivity contribution is -0.240. The zero-order valence-corrected chi connectivity index (χ0v) is 90.4. The highest BCUT2D eigenvalue weighted by atomic mass is 16.8. The van der Waals surface area contributed by atoms with Crippen molar-refractivity contribution in [2.24, 2.45) is 142 Å². The first-order valence-electron chi connectivity index (χ1n) is 53.6. The molecule has 10 N–H and O–H groups in total. The standard InChI is InChI=1S/C15H26O4.C14H26O4.C14H24O4.C14H28O3.C13H24O4.2C13H24O3.C13H26O3/c1-10(2)12-8-7-11(3)9-13(12)19-15(18)6-4-5-14(16)17;1-9(2)12-6-5-10(3)7-13(12)18-14(16)17-8-11(4)15;1-9(2)11-5-4-10(3)8-12(11)18-14(17)7-6-13(15)16;1-10(2)12-6-5-11(3)7-13(12)17-9-14(4,16)8-15;1-9(2)11-5-4-10(3)8-12(11)17-13(15)16-7-6-14;1-9(2)12-5-4-10(3)6-13(12)15-8-11(7-14)16-13;1-8(2)11-6-5-9(3)7-12(11)16-13(15)10(4)14;1-9(2)12-5-4-10(3)6-13(12)16-8-11(15)7-14/h10-13H,4-9H2,1-3H3,(H,16,17);9-13,15H,5-8H2,1-4H3;9-12H,4-8H2,1-3H3,(H,15,16);10-13,15-16H,5-9H2,1-4H3;9-12,14H,4-8H2,1-3H3;9-12,14H,4-8H2,1-3H3;8-12,14H,5-7H2,1-4H3;9-15H,4-8H2,1-3H3/t11-,12+,13-;10-,11?,12+,13-;10-,11+,12-;11-,12+,13-,14?;10-,11+,12-;10-,11?,12+,13+;9-,10-,11+,12-;10-,11?,12+,13-/m11111111/s1. The van der Waals surface area contributed by atoms with Crippen molar-refractivity contribution in [2.45, 2.75) is 452 Å². The Bertz CT molecular complexity index is 3250. The van der Waals surface area contributed by atoms with E-state index in [1.807, 2.05) is 0 Å². The molecule has 9 rings (SSSR count). The number of esters is 3. The average Bonchev–Trinajstić information content (AvgIpc) is 1.64. The highest BCUT2D eigenvalue weighted by Gasteiger charge is 2.52. The normalized spacial score (nSPS) is 32.1. The maximum absolute atomic E-state index is 11.8. The fourth-order valence-corrected chi connectivity index (χ4v) is 21.7. The molecule has 8 aliphatic carbocycles. The molecule has 0 bridgehead atoms. The lowest BCUT2D eigenvalue weighted by Gasteiger charge is -2.44. The van der Waals surface area contributed by atoms with Gasteiger partial charge in [-0.15, -0.1) is 0 Å². The third kappa shape index (κ3) is 51.2. The zero-order chi connectivity index (χ0) is 104. The van der Waals surface area contributed by atoms with Gasteiger partial charge in [0.25, 0.3) is 0 Å². The van der Waals surface area contributed by atoms with Gasteiger partial charge in [-0.25, -0.2) is 14.4 Å². The van der Waals surface area contributed by atoms with E-state index in [2.05, 4.69) is 166 Å². The molecule has 1 aliphatic heterocycles. The fourth-order valence-electron chi connectivity index (χ4n) is 21.7. The number of carbonyl (C=O) groups excluding carboxylic acids is 5. The molecule has 0 aromatic rings. The summed E-state index contributed by atoms with van der Waals surface area (Å²) in [6.07, 6.45) is 23.7. The number of rotatable bonds is 34. The third-order valence-electron chi connectivity index (χ3n) is 30.2. The zero-order valence-electron chi connectivity index (χ0n) is 90.4. The molecule has 0 radical (unpaired) electrons. The van der Waals surface area contributed by atoms with Crippen LogP contribution in [0.2, 0.25) is 0 Å². The first-order valence-corrected chi connectivity index (χ1v) is 53.6. The van der Waals surface area contributed by atoms with Crippen LogP contribution in [0, 0.1) is 142 Å². The first-order chi connectivity index (χ1) is 64.1. The van der Waals surface area contributed by atoms with Gasteiger partial charge in [0.2, 0.25) is 0 Å². The maximum Gasteiger partial charge on any atom is 0.508 e. The summed E-state index contributed by atoms with van der Waals surface area (Å²) >= 11 is 0. The minimum atomic E-state index is -1.11. The van der Waals surface area contributed by atoms with Crippen molar-refractivity contribution in [3.05, 3.63) is 0 Å². The van der Waals surface area contributed by atoms with Gasteiger partial charge in [-0.3, -0.25) is 19.2 Å². The van der Waals surface area contributed by atoms with E-state index in [4.69, 9.17) is 93.0 Å². The number of hydrogen-bond donors (Lipinski definition) is 10. The van der Waals surface area contributed by atoms with E-state index in [1.165, 1.54) is 77.6 Å². The molecule has 28 heteroatoms. The lowest BCUT2D eigenvalue weighted by Crippen LogP contribution is -2.47. The van der Waals surface area contributed by atoms with Gasteiger partial charge >= 0.3 is 42.2 Å². The minimum Gasteiger partial charge on any atom is -0.481 e. The van der Waals surface area contributed by atoms with E-state index >= 15 is 0 Å². The van der Waals surface area contributed by atoms with E-state index < -0.39 is 59.9 Å². The Morgan fingerprint density at radius 3 is 1.04 bits per heavy atom. The van der Waals surface area contributed by atoms with Crippen molar-refractivity contribution in [1.29, 1.82) is 0 Å². The number of carbonyl (C=O) groups is 7. The monoisotopic (exact) mass is 1960 g/mol. The summed E-state index contributed by atoms with van der Waals surface area (Å²) in [5.74, 6) is 9.92. The van der Waals surface area contributed by atoms with Crippen LogP contribution in [0.5, 0.6) is 0 Å². The summed E-state index contributed by atoms with van der Waals surface area (Å²) in [7, 11) is 0. The number of aliphatic hydroxyl groups excluding tert-OH is 7. The van der Waals surface area contributed by atoms with E-state index in [1.54, 1.807) is 13.8 Å². The van der Waals surface area contributed by atoms with Crippen molar-refractivity contribution >= 4 is 42.2 Å². The number of carboxylic acids is 2. The second kappa shape index (κ2) is 67.2. The Balaban J connectivity index is 0.000000530. The Hall–Kier alpha value is -4.59. The van der Waals surface area contributed by atoms with Crippen LogP contribution < -0.4 is 0 Å². The highest BCUT2D eigenvalue weighted by Crippen LogP contribution is 2.48. The summed E-state index contributed by atoms with van der Waals surface area (Å²) < 4.78 is 60.5. The van der Waals surface area contributed by atoms with Crippen molar-refractivity contribution in [1.82, 2.24) is 0 Å². The molecule has 29 atom stereocenters. The van der Waals surface area contributed by atoms with Gasteiger partial charge in [0.1, 0.15) is 67.6 Å². The number of aliphatic hydroxyl groups is 8. The van der Waals surface area contributed by atoms with Gasteiger partial charge in [-0.2, -0.15) is 0 Å². The fraction of sp³-hybridized carbons (Fsp3) is 0.936. The average molecular weight is 1960 g/mol. The predicted octanol–water partition coefficient (Wildman–Crippen LogP) is 20.3. The molecule has 28 nitrogen and oxygen atoms in total. The van der Waals surface area contributed by atoms with E-state index in [-0.39, 0.29) is 139 Å². The molecule has 1 heterocycles. The van der Waals surface area contributed by atoms with Crippen LogP contribution in [0.3, 0.4) is 0 Å². The SMILES string of the molecule is CC(C)[C@@H]1CC[C@@H](C)C[C@@]12OCC(CO)O2.CC(C)[C@@H]1CC[C@@H](C)C[C@H]1OC(=O)CCC(=O)O.CC(C)[C@@H]1CC[C@@H](C)C[C@H]1OC(=O)CCCC(=O)O.CC(C)[C@@H]1CC[C@@H](C)C[C@H]1OC(=O)OCCO.CC(C)[C@@H]1CC[C@@H](C)C[C@H]1OC(=O)[C@@H](C)O.CC(C)[C@@H]1CC[C@@H](C)C[C@H]1OCC(C)(O)CO.CC(C)[C@@H]1CC[C@@H](C)C[C@H]1OCC(O)CO.CC(O)COC(=O)O[C@@H]1C[C@H](C)CC[C@H]1C(C)C. The molecule has 9 aliphatic rings. The second-order valence-corrected chi connectivity index (χ2v) is 46.2. The number of ether oxygens (including phenoxy) is 11. The summed E-state index contributed by atoms with van der Waals surface area (Å²) in [5, 5.41) is 89.9. The Labute approximate surface area is 827 Å². The Morgan fingerprint density at radius 1 is 0.387 bits per heavy atom. The van der Waals surface area contributed by atoms with Crippen molar-refractivity contribution in [2.75, 3.05) is 59.5 Å².